The van der Waals surface area contributed by atoms with E-state index in [0.717, 1.165) is 25.7 Å². The Bertz CT molecular complexity index is 477. The Labute approximate surface area is 117 Å². The van der Waals surface area contributed by atoms with E-state index in [-0.39, 0.29) is 30.5 Å². The molecule has 0 saturated heterocycles. The lowest BCUT2D eigenvalue weighted by molar-refractivity contribution is -0.122. The van der Waals surface area contributed by atoms with Crippen molar-refractivity contribution in [2.45, 2.75) is 25.7 Å². The number of amides is 1. The molecule has 2 rings (SSSR count). The first-order valence-corrected chi connectivity index (χ1v) is 6.89. The fourth-order valence-corrected chi connectivity index (χ4v) is 2.64. The third-order valence-electron chi connectivity index (χ3n) is 3.72. The summed E-state index contributed by atoms with van der Waals surface area (Å²) in [6.07, 6.45) is 3.94. The molecule has 1 aromatic rings. The zero-order chi connectivity index (χ0) is 14.5. The van der Waals surface area contributed by atoms with Gasteiger partial charge < -0.3 is 15.1 Å². The first kappa shape index (κ1) is 14.5. The van der Waals surface area contributed by atoms with Crippen molar-refractivity contribution in [1.29, 1.82) is 0 Å². The Morgan fingerprint density at radius 2 is 1.75 bits per heavy atom. The normalized spacial score (nSPS) is 15.2. The van der Waals surface area contributed by atoms with Crippen LogP contribution < -0.4 is 4.90 Å². The average Bonchev–Trinajstić information content (AvgIpc) is 2.98. The van der Waals surface area contributed by atoms with Crippen LogP contribution in [0.25, 0.3) is 0 Å². The van der Waals surface area contributed by atoms with Crippen molar-refractivity contribution in [2.75, 3.05) is 18.1 Å². The zero-order valence-corrected chi connectivity index (χ0v) is 11.3. The molecule has 0 unspecified atom stereocenters. The van der Waals surface area contributed by atoms with Crippen molar-refractivity contribution < 1.29 is 19.8 Å². The number of nitrogens with zero attached hydrogens (tertiary/aromatic N) is 1. The fraction of sp³-hybridized carbons (Fsp3) is 0.467. The lowest BCUT2D eigenvalue weighted by Gasteiger charge is -2.25. The number of hydrogen-bond acceptors (Lipinski definition) is 3. The number of carboxylic acids is 1. The molecule has 0 heterocycles. The highest BCUT2D eigenvalue weighted by molar-refractivity contribution is 5.96. The maximum absolute atomic E-state index is 12.5. The molecule has 1 aliphatic carbocycles. The predicted octanol–water partition coefficient (Wildman–Crippen LogP) is 1.90. The van der Waals surface area contributed by atoms with Crippen LogP contribution in [0.4, 0.5) is 5.69 Å². The van der Waals surface area contributed by atoms with E-state index >= 15 is 0 Å². The number of aromatic carboxylic acids is 1. The molecule has 1 aliphatic rings. The molecule has 0 spiro atoms. The molecule has 108 valence electrons. The summed E-state index contributed by atoms with van der Waals surface area (Å²) in [6.45, 7) is 0.126. The maximum Gasteiger partial charge on any atom is 0.335 e. The highest BCUT2D eigenvalue weighted by Crippen LogP contribution is 2.28. The van der Waals surface area contributed by atoms with E-state index in [1.54, 1.807) is 17.0 Å². The van der Waals surface area contributed by atoms with E-state index in [2.05, 4.69) is 0 Å². The maximum atomic E-state index is 12.5. The SMILES string of the molecule is O=C(O)c1ccc(N(CCO)C(=O)C2CCCC2)cc1. The van der Waals surface area contributed by atoms with Crippen molar-refractivity contribution >= 4 is 17.6 Å². The summed E-state index contributed by atoms with van der Waals surface area (Å²) in [5.74, 6) is -0.937. The lowest BCUT2D eigenvalue weighted by Crippen LogP contribution is -2.37. The topological polar surface area (TPSA) is 77.8 Å². The molecule has 5 nitrogen and oxygen atoms in total. The standard InChI is InChI=1S/C15H19NO4/c17-10-9-16(14(18)11-3-1-2-4-11)13-7-5-12(6-8-13)15(19)20/h5-8,11,17H,1-4,9-10H2,(H,19,20). The van der Waals surface area contributed by atoms with E-state index in [1.807, 2.05) is 0 Å². The van der Waals surface area contributed by atoms with Crippen molar-refractivity contribution in [2.24, 2.45) is 5.92 Å². The van der Waals surface area contributed by atoms with Gasteiger partial charge >= 0.3 is 5.97 Å². The molecule has 20 heavy (non-hydrogen) atoms. The van der Waals surface area contributed by atoms with E-state index in [9.17, 15) is 9.59 Å². The van der Waals surface area contributed by atoms with E-state index in [0.29, 0.717) is 5.69 Å². The number of carboxylic acid groups (broad SMARTS) is 1. The number of aliphatic hydroxyl groups is 1. The Hall–Kier alpha value is -1.88. The first-order valence-electron chi connectivity index (χ1n) is 6.89. The summed E-state index contributed by atoms with van der Waals surface area (Å²) >= 11 is 0. The predicted molar refractivity (Wildman–Crippen MR) is 74.8 cm³/mol. The zero-order valence-electron chi connectivity index (χ0n) is 11.3. The Kier molecular flexibility index (Phi) is 4.74. The number of carbonyl (C=O) groups excluding carboxylic acids is 1. The number of anilines is 1. The van der Waals surface area contributed by atoms with Crippen LogP contribution in [0.15, 0.2) is 24.3 Å². The van der Waals surface area contributed by atoms with Crippen LogP contribution >= 0.6 is 0 Å². The molecule has 1 saturated carbocycles. The quantitative estimate of drug-likeness (QED) is 0.861. The molecule has 0 aliphatic heterocycles. The van der Waals surface area contributed by atoms with Gasteiger partial charge in [0.15, 0.2) is 0 Å². The monoisotopic (exact) mass is 277 g/mol. The van der Waals surface area contributed by atoms with E-state index in [1.165, 1.54) is 12.1 Å². The van der Waals surface area contributed by atoms with Crippen LogP contribution in [0.5, 0.6) is 0 Å². The highest BCUT2D eigenvalue weighted by Gasteiger charge is 2.27. The van der Waals surface area contributed by atoms with Gasteiger partial charge in [-0.2, -0.15) is 0 Å². The van der Waals surface area contributed by atoms with Crippen molar-refractivity contribution in [3.05, 3.63) is 29.8 Å². The minimum absolute atomic E-state index is 0.0274. The molecule has 1 aromatic carbocycles. The smallest absolute Gasteiger partial charge is 0.335 e. The molecule has 1 fully saturated rings. The van der Waals surface area contributed by atoms with Gasteiger partial charge in [0, 0.05) is 18.2 Å². The third kappa shape index (κ3) is 3.17. The largest absolute Gasteiger partial charge is 0.478 e. The minimum Gasteiger partial charge on any atom is -0.478 e. The fourth-order valence-electron chi connectivity index (χ4n) is 2.64. The molecule has 0 radical (unpaired) electrons. The van der Waals surface area contributed by atoms with Crippen LogP contribution in [0.3, 0.4) is 0 Å². The summed E-state index contributed by atoms with van der Waals surface area (Å²) in [5.41, 5.74) is 0.826. The second kappa shape index (κ2) is 6.52. The first-order chi connectivity index (χ1) is 9.63. The van der Waals surface area contributed by atoms with Crippen LogP contribution in [0.2, 0.25) is 0 Å². The van der Waals surface area contributed by atoms with E-state index < -0.39 is 5.97 Å². The van der Waals surface area contributed by atoms with Crippen LogP contribution in [0.1, 0.15) is 36.0 Å². The molecular formula is C15H19NO4. The number of benzene rings is 1. The van der Waals surface area contributed by atoms with Gasteiger partial charge in [-0.15, -0.1) is 0 Å². The molecule has 0 aromatic heterocycles. The summed E-state index contributed by atoms with van der Waals surface area (Å²) < 4.78 is 0. The number of aliphatic hydroxyl groups excluding tert-OH is 1. The highest BCUT2D eigenvalue weighted by atomic mass is 16.4. The van der Waals surface area contributed by atoms with Gasteiger partial charge in [-0.1, -0.05) is 12.8 Å². The Morgan fingerprint density at radius 1 is 1.15 bits per heavy atom. The van der Waals surface area contributed by atoms with E-state index in [4.69, 9.17) is 10.2 Å². The second-order valence-corrected chi connectivity index (χ2v) is 5.05. The Balaban J connectivity index is 2.18. The van der Waals surface area contributed by atoms with Crippen LogP contribution in [0, 0.1) is 5.92 Å². The lowest BCUT2D eigenvalue weighted by atomic mass is 10.1. The van der Waals surface area contributed by atoms with Crippen LogP contribution in [-0.2, 0) is 4.79 Å². The van der Waals surface area contributed by atoms with Gasteiger partial charge in [-0.05, 0) is 37.1 Å². The molecule has 0 atom stereocenters. The minimum atomic E-state index is -0.993. The molecule has 0 bridgehead atoms. The van der Waals surface area contributed by atoms with Crippen LogP contribution in [-0.4, -0.2) is 35.2 Å². The van der Waals surface area contributed by atoms with Gasteiger partial charge in [0.1, 0.15) is 0 Å². The van der Waals surface area contributed by atoms with Gasteiger partial charge in [-0.3, -0.25) is 4.79 Å². The van der Waals surface area contributed by atoms with Gasteiger partial charge in [0.05, 0.1) is 12.2 Å². The summed E-state index contributed by atoms with van der Waals surface area (Å²) in [6, 6.07) is 6.19. The summed E-state index contributed by atoms with van der Waals surface area (Å²) in [7, 11) is 0. The second-order valence-electron chi connectivity index (χ2n) is 5.05. The summed E-state index contributed by atoms with van der Waals surface area (Å²) in [4.78, 5) is 24.8. The molecular weight excluding hydrogens is 258 g/mol. The Morgan fingerprint density at radius 3 is 2.25 bits per heavy atom. The van der Waals surface area contributed by atoms with Gasteiger partial charge in [-0.25, -0.2) is 4.79 Å². The molecule has 2 N–H and O–H groups in total. The number of carbonyl (C=O) groups is 2. The van der Waals surface area contributed by atoms with Gasteiger partial charge in [0.2, 0.25) is 5.91 Å². The van der Waals surface area contributed by atoms with Gasteiger partial charge in [0.25, 0.3) is 0 Å². The third-order valence-corrected chi connectivity index (χ3v) is 3.72. The molecule has 5 heteroatoms. The van der Waals surface area contributed by atoms with Crippen molar-refractivity contribution in [3.8, 4) is 0 Å². The number of rotatable bonds is 5. The van der Waals surface area contributed by atoms with Crippen molar-refractivity contribution in [3.63, 3.8) is 0 Å². The van der Waals surface area contributed by atoms with Crippen molar-refractivity contribution in [1.82, 2.24) is 0 Å². The average molecular weight is 277 g/mol. The molecule has 1 amide bonds. The number of hydrogen-bond donors (Lipinski definition) is 2. The summed E-state index contributed by atoms with van der Waals surface area (Å²) in [5, 5.41) is 18.0.